The minimum atomic E-state index is 0.296. The molecule has 1 saturated carbocycles. The van der Waals surface area contributed by atoms with E-state index in [0.29, 0.717) is 12.2 Å². The molecule has 3 heteroatoms. The smallest absolute Gasteiger partial charge is 0.159 e. The van der Waals surface area contributed by atoms with Crippen molar-refractivity contribution < 1.29 is 4.79 Å². The highest BCUT2D eigenvalue weighted by Crippen LogP contribution is 2.30. The third kappa shape index (κ3) is 6.20. The van der Waals surface area contributed by atoms with E-state index in [0.717, 1.165) is 56.6 Å². The molecule has 0 saturated heterocycles. The van der Waals surface area contributed by atoms with Crippen molar-refractivity contribution in [3.05, 3.63) is 69.8 Å². The standard InChI is InChI=1S/C31H42N2O/c1-7-32(8-2)29-16-14-26(23(5)19-29)21-25-11-13-28(31(34)18-12-25)22-27-15-17-30(20-24(27)6)33(9-3)10-4/h14-17,19-22H,7-13,18H2,1-6H3/b25-21-,28-22+. The summed E-state index contributed by atoms with van der Waals surface area (Å²) in [5.41, 5.74) is 9.85. The largest absolute Gasteiger partial charge is 0.372 e. The van der Waals surface area contributed by atoms with E-state index < -0.39 is 0 Å². The molecule has 1 aliphatic carbocycles. The van der Waals surface area contributed by atoms with Crippen LogP contribution in [0.5, 0.6) is 0 Å². The van der Waals surface area contributed by atoms with Crippen LogP contribution >= 0.6 is 0 Å². The molecule has 0 aromatic heterocycles. The van der Waals surface area contributed by atoms with Gasteiger partial charge in [-0.25, -0.2) is 0 Å². The Kier molecular flexibility index (Phi) is 9.15. The first-order valence-electron chi connectivity index (χ1n) is 13.0. The highest BCUT2D eigenvalue weighted by atomic mass is 16.1. The van der Waals surface area contributed by atoms with E-state index >= 15 is 0 Å². The minimum Gasteiger partial charge on any atom is -0.372 e. The van der Waals surface area contributed by atoms with Crippen molar-refractivity contribution >= 4 is 29.3 Å². The van der Waals surface area contributed by atoms with Gasteiger partial charge >= 0.3 is 0 Å². The summed E-state index contributed by atoms with van der Waals surface area (Å²) in [5.74, 6) is 0.296. The maximum absolute atomic E-state index is 12.9. The molecule has 0 unspecified atom stereocenters. The van der Waals surface area contributed by atoms with Crippen LogP contribution in [-0.2, 0) is 4.79 Å². The Morgan fingerprint density at radius 1 is 0.676 bits per heavy atom. The number of ketones is 1. The number of carbonyl (C=O) groups is 1. The molecule has 0 heterocycles. The molecule has 2 aromatic carbocycles. The Labute approximate surface area is 207 Å². The van der Waals surface area contributed by atoms with Crippen LogP contribution in [-0.4, -0.2) is 32.0 Å². The molecule has 0 amide bonds. The fraction of sp³-hybridized carbons (Fsp3) is 0.452. The van der Waals surface area contributed by atoms with Crippen LogP contribution in [0.25, 0.3) is 12.2 Å². The lowest BCUT2D eigenvalue weighted by Gasteiger charge is -2.22. The molecule has 182 valence electrons. The van der Waals surface area contributed by atoms with Crippen LogP contribution < -0.4 is 9.80 Å². The summed E-state index contributed by atoms with van der Waals surface area (Å²) in [4.78, 5) is 17.7. The summed E-state index contributed by atoms with van der Waals surface area (Å²) < 4.78 is 0. The van der Waals surface area contributed by atoms with Gasteiger partial charge in [-0.3, -0.25) is 4.79 Å². The Balaban J connectivity index is 1.78. The van der Waals surface area contributed by atoms with E-state index in [4.69, 9.17) is 0 Å². The molecule has 1 aliphatic rings. The van der Waals surface area contributed by atoms with Crippen LogP contribution in [0.2, 0.25) is 0 Å². The van der Waals surface area contributed by atoms with Crippen LogP contribution in [0.4, 0.5) is 11.4 Å². The quantitative estimate of drug-likeness (QED) is 0.300. The number of aryl methyl sites for hydroxylation is 2. The topological polar surface area (TPSA) is 23.6 Å². The van der Waals surface area contributed by atoms with Crippen LogP contribution in [0.15, 0.2) is 47.5 Å². The lowest BCUT2D eigenvalue weighted by molar-refractivity contribution is -0.115. The molecule has 34 heavy (non-hydrogen) atoms. The maximum atomic E-state index is 12.9. The van der Waals surface area contributed by atoms with Crippen LogP contribution in [0.1, 0.15) is 75.6 Å². The molecule has 3 nitrogen and oxygen atoms in total. The van der Waals surface area contributed by atoms with Gasteiger partial charge in [0.25, 0.3) is 0 Å². The Morgan fingerprint density at radius 2 is 1.15 bits per heavy atom. The first kappa shape index (κ1) is 25.8. The second kappa shape index (κ2) is 12.1. The summed E-state index contributed by atoms with van der Waals surface area (Å²) >= 11 is 0. The molecule has 0 N–H and O–H groups in total. The molecule has 2 aromatic rings. The van der Waals surface area contributed by atoms with Crippen molar-refractivity contribution in [2.45, 2.75) is 67.2 Å². The molecule has 1 fully saturated rings. The number of hydrogen-bond donors (Lipinski definition) is 0. The van der Waals surface area contributed by atoms with Gasteiger partial charge < -0.3 is 9.80 Å². The molecule has 0 spiro atoms. The predicted molar refractivity (Wildman–Crippen MR) is 149 cm³/mol. The van der Waals surface area contributed by atoms with Gasteiger partial charge in [-0.05, 0) is 119 Å². The Hall–Kier alpha value is -2.81. The van der Waals surface area contributed by atoms with Crippen LogP contribution in [0, 0.1) is 13.8 Å². The van der Waals surface area contributed by atoms with Crippen molar-refractivity contribution in [2.75, 3.05) is 36.0 Å². The van der Waals surface area contributed by atoms with E-state index in [1.807, 2.05) is 0 Å². The highest BCUT2D eigenvalue weighted by molar-refractivity contribution is 6.00. The molecule has 3 rings (SSSR count). The molecule has 0 aliphatic heterocycles. The number of carbonyl (C=O) groups excluding carboxylic acids is 1. The third-order valence-electron chi connectivity index (χ3n) is 7.20. The number of benzene rings is 2. The van der Waals surface area contributed by atoms with Gasteiger partial charge in [0.15, 0.2) is 5.78 Å². The molecule has 0 radical (unpaired) electrons. The molecule has 0 atom stereocenters. The Bertz CT molecular complexity index is 1060. The van der Waals surface area contributed by atoms with E-state index in [-0.39, 0.29) is 0 Å². The normalized spacial score (nSPS) is 16.7. The first-order valence-corrected chi connectivity index (χ1v) is 13.0. The van der Waals surface area contributed by atoms with Crippen molar-refractivity contribution in [3.8, 4) is 0 Å². The van der Waals surface area contributed by atoms with E-state index in [1.165, 1.54) is 33.6 Å². The van der Waals surface area contributed by atoms with Crippen molar-refractivity contribution in [2.24, 2.45) is 0 Å². The average molecular weight is 459 g/mol. The number of hydrogen-bond acceptors (Lipinski definition) is 3. The molecular weight excluding hydrogens is 416 g/mol. The number of nitrogens with zero attached hydrogens (tertiary/aromatic N) is 2. The summed E-state index contributed by atoms with van der Waals surface area (Å²) in [6.45, 7) is 17.1. The van der Waals surface area contributed by atoms with E-state index in [1.54, 1.807) is 0 Å². The van der Waals surface area contributed by atoms with Gasteiger partial charge in [-0.15, -0.1) is 0 Å². The van der Waals surface area contributed by atoms with Gasteiger partial charge in [0.2, 0.25) is 0 Å². The predicted octanol–water partition coefficient (Wildman–Crippen LogP) is 7.61. The number of anilines is 2. The zero-order valence-corrected chi connectivity index (χ0v) is 22.1. The fourth-order valence-corrected chi connectivity index (χ4v) is 4.91. The fourth-order valence-electron chi connectivity index (χ4n) is 4.91. The zero-order chi connectivity index (χ0) is 24.7. The summed E-state index contributed by atoms with van der Waals surface area (Å²) in [6.07, 6.45) is 7.68. The zero-order valence-electron chi connectivity index (χ0n) is 22.1. The van der Waals surface area contributed by atoms with Crippen molar-refractivity contribution in [3.63, 3.8) is 0 Å². The summed E-state index contributed by atoms with van der Waals surface area (Å²) in [7, 11) is 0. The number of allylic oxidation sites excluding steroid dienone is 2. The summed E-state index contributed by atoms with van der Waals surface area (Å²) in [6, 6.07) is 13.4. The van der Waals surface area contributed by atoms with E-state index in [2.05, 4.69) is 99.9 Å². The Morgan fingerprint density at radius 3 is 1.62 bits per heavy atom. The highest BCUT2D eigenvalue weighted by Gasteiger charge is 2.17. The van der Waals surface area contributed by atoms with E-state index in [9.17, 15) is 4.79 Å². The number of Topliss-reactive ketones (excluding diaryl/α,β-unsaturated/α-hetero) is 1. The SMILES string of the molecule is CCN(CC)c1ccc(/C=C2\CCC(=O)/C(=C/c3ccc(N(CC)CC)cc3C)CC2)c(C)c1. The number of rotatable bonds is 8. The third-order valence-corrected chi connectivity index (χ3v) is 7.20. The lowest BCUT2D eigenvalue weighted by Crippen LogP contribution is -2.21. The monoisotopic (exact) mass is 458 g/mol. The van der Waals surface area contributed by atoms with Gasteiger partial charge in [0, 0.05) is 44.0 Å². The second-order valence-electron chi connectivity index (χ2n) is 9.32. The molecule has 0 bridgehead atoms. The van der Waals surface area contributed by atoms with Gasteiger partial charge in [0.1, 0.15) is 0 Å². The summed E-state index contributed by atoms with van der Waals surface area (Å²) in [5, 5.41) is 0. The van der Waals surface area contributed by atoms with Crippen LogP contribution in [0.3, 0.4) is 0 Å². The average Bonchev–Trinajstić information content (AvgIpc) is 3.00. The van der Waals surface area contributed by atoms with Crippen molar-refractivity contribution in [1.82, 2.24) is 0 Å². The first-order chi connectivity index (χ1) is 16.4. The maximum Gasteiger partial charge on any atom is 0.159 e. The van der Waals surface area contributed by atoms with Gasteiger partial charge in [-0.2, -0.15) is 0 Å². The lowest BCUT2D eigenvalue weighted by atomic mass is 9.99. The van der Waals surface area contributed by atoms with Gasteiger partial charge in [-0.1, -0.05) is 23.8 Å². The van der Waals surface area contributed by atoms with Crippen molar-refractivity contribution in [1.29, 1.82) is 0 Å². The van der Waals surface area contributed by atoms with Gasteiger partial charge in [0.05, 0.1) is 0 Å². The minimum absolute atomic E-state index is 0.296. The second-order valence-corrected chi connectivity index (χ2v) is 9.32. The molecular formula is C31H42N2O.